The molecule has 3 unspecified atom stereocenters. The van der Waals surface area contributed by atoms with Crippen LogP contribution in [0.2, 0.25) is 0 Å². The Morgan fingerprint density at radius 2 is 1.08 bits per heavy atom. The highest BCUT2D eigenvalue weighted by Gasteiger charge is 2.27. The fraction of sp³-hybridized carbons (Fsp3) is 0.884. The first kappa shape index (κ1) is 51.0. The fourth-order valence-electron chi connectivity index (χ4n) is 6.16. The maximum Gasteiger partial charge on any atom is 0.472 e. The lowest BCUT2D eigenvalue weighted by atomic mass is 10.0. The molecule has 0 rings (SSSR count). The van der Waals surface area contributed by atoms with Crippen LogP contribution in [0.4, 0.5) is 0 Å². The van der Waals surface area contributed by atoms with Gasteiger partial charge in [-0.1, -0.05) is 173 Å². The maximum absolute atomic E-state index is 12.7. The molecule has 0 aromatic rings. The number of amides is 1. The van der Waals surface area contributed by atoms with Crippen LogP contribution >= 0.6 is 7.82 Å². The SMILES string of the molecule is CCC/C=C/C(O)C(COP(=O)(O)OCC[N+](C)(C)C)NC(=O)CCCCCCCCCCCCCCCCC/C=C\CCCCCCCCCC. The van der Waals surface area contributed by atoms with Crippen LogP contribution in [0.25, 0.3) is 0 Å². The topological polar surface area (TPSA) is 105 Å². The summed E-state index contributed by atoms with van der Waals surface area (Å²) in [4.78, 5) is 22.8. The number of nitrogens with one attached hydrogen (secondary N) is 1. The number of carbonyl (C=O) groups is 1. The number of rotatable bonds is 39. The number of hydrogen-bond donors (Lipinski definition) is 3. The minimum Gasteiger partial charge on any atom is -0.387 e. The number of nitrogens with zero attached hydrogens (tertiary/aromatic N) is 1. The monoisotopic (exact) mass is 758 g/mol. The Bertz CT molecular complexity index is 907. The highest BCUT2D eigenvalue weighted by molar-refractivity contribution is 7.47. The predicted molar refractivity (Wildman–Crippen MR) is 221 cm³/mol. The van der Waals surface area contributed by atoms with Crippen molar-refractivity contribution in [1.29, 1.82) is 0 Å². The van der Waals surface area contributed by atoms with Gasteiger partial charge in [-0.25, -0.2) is 4.57 Å². The first-order valence-electron chi connectivity index (χ1n) is 21.7. The van der Waals surface area contributed by atoms with E-state index in [2.05, 4.69) is 24.4 Å². The van der Waals surface area contributed by atoms with Crippen LogP contribution in [0.15, 0.2) is 24.3 Å². The van der Waals surface area contributed by atoms with Crippen molar-refractivity contribution in [2.75, 3.05) is 40.9 Å². The van der Waals surface area contributed by atoms with E-state index in [0.717, 1.165) is 32.1 Å². The maximum atomic E-state index is 12.7. The Morgan fingerprint density at radius 1 is 0.635 bits per heavy atom. The lowest BCUT2D eigenvalue weighted by Gasteiger charge is -2.25. The standard InChI is InChI=1S/C43H85N2O6P/c1-6-8-10-11-12-13-14-15-16-17-18-19-20-21-22-23-24-25-26-27-28-29-30-31-32-33-35-37-43(47)44-41(42(46)36-34-9-7-2)40-51-52(48,49)50-39-38-45(3,4)5/h17-18,34,36,41-42,46H,6-16,19-33,35,37-40H2,1-5H3,(H-,44,47,48,49)/p+1/b18-17-,36-34+. The quantitative estimate of drug-likeness (QED) is 0.0250. The van der Waals surface area contributed by atoms with Crippen molar-refractivity contribution in [2.45, 2.75) is 206 Å². The number of likely N-dealkylation sites (N-methyl/N-ethyl adjacent to an activating group) is 1. The zero-order valence-corrected chi connectivity index (χ0v) is 35.7. The van der Waals surface area contributed by atoms with Gasteiger partial charge in [-0.3, -0.25) is 13.8 Å². The Balaban J connectivity index is 3.82. The van der Waals surface area contributed by atoms with Gasteiger partial charge in [0.05, 0.1) is 39.9 Å². The van der Waals surface area contributed by atoms with E-state index < -0.39 is 20.0 Å². The number of unbranched alkanes of at least 4 members (excludes halogenated alkanes) is 24. The predicted octanol–water partition coefficient (Wildman–Crippen LogP) is 11.7. The number of carbonyl (C=O) groups excluding carboxylic acids is 1. The van der Waals surface area contributed by atoms with Crippen LogP contribution in [0.5, 0.6) is 0 Å². The van der Waals surface area contributed by atoms with Gasteiger partial charge in [0, 0.05) is 6.42 Å². The molecule has 308 valence electrons. The molecule has 3 N–H and O–H groups in total. The van der Waals surface area contributed by atoms with E-state index in [1.807, 2.05) is 34.1 Å². The lowest BCUT2D eigenvalue weighted by molar-refractivity contribution is -0.870. The van der Waals surface area contributed by atoms with E-state index in [9.17, 15) is 19.4 Å². The molecular formula is C43H86N2O6P+. The lowest BCUT2D eigenvalue weighted by Crippen LogP contribution is -2.45. The molecule has 3 atom stereocenters. The molecule has 0 bridgehead atoms. The molecule has 0 fully saturated rings. The van der Waals surface area contributed by atoms with Gasteiger partial charge in [-0.05, 0) is 38.5 Å². The van der Waals surface area contributed by atoms with Gasteiger partial charge in [0.25, 0.3) is 0 Å². The number of phosphoric acid groups is 1. The van der Waals surface area contributed by atoms with E-state index >= 15 is 0 Å². The van der Waals surface area contributed by atoms with Gasteiger partial charge < -0.3 is 19.8 Å². The summed E-state index contributed by atoms with van der Waals surface area (Å²) >= 11 is 0. The van der Waals surface area contributed by atoms with Crippen molar-refractivity contribution >= 4 is 13.7 Å². The van der Waals surface area contributed by atoms with Gasteiger partial charge in [0.2, 0.25) is 5.91 Å². The van der Waals surface area contributed by atoms with E-state index in [4.69, 9.17) is 9.05 Å². The molecule has 0 aliphatic heterocycles. The largest absolute Gasteiger partial charge is 0.472 e. The number of aliphatic hydroxyl groups is 1. The van der Waals surface area contributed by atoms with Gasteiger partial charge >= 0.3 is 7.82 Å². The van der Waals surface area contributed by atoms with Gasteiger partial charge in [0.15, 0.2) is 0 Å². The van der Waals surface area contributed by atoms with Gasteiger partial charge in [-0.2, -0.15) is 0 Å². The summed E-state index contributed by atoms with van der Waals surface area (Å²) in [5, 5.41) is 13.4. The third-order valence-corrected chi connectivity index (χ3v) is 10.6. The van der Waals surface area contributed by atoms with E-state index in [1.54, 1.807) is 6.08 Å². The Kier molecular flexibility index (Phi) is 35.0. The van der Waals surface area contributed by atoms with Crippen LogP contribution in [0, 0.1) is 0 Å². The average molecular weight is 758 g/mol. The van der Waals surface area contributed by atoms with Crippen molar-refractivity contribution in [3.63, 3.8) is 0 Å². The van der Waals surface area contributed by atoms with Crippen LogP contribution in [-0.2, 0) is 18.4 Å². The minimum absolute atomic E-state index is 0.0610. The third-order valence-electron chi connectivity index (χ3n) is 9.65. The van der Waals surface area contributed by atoms with Crippen LogP contribution in [0.1, 0.15) is 194 Å². The smallest absolute Gasteiger partial charge is 0.387 e. The summed E-state index contributed by atoms with van der Waals surface area (Å²) in [6.07, 6.45) is 42.1. The molecule has 1 amide bonds. The molecule has 8 nitrogen and oxygen atoms in total. The molecule has 0 heterocycles. The molecule has 0 spiro atoms. The molecule has 0 saturated carbocycles. The molecule has 0 radical (unpaired) electrons. The summed E-state index contributed by atoms with van der Waals surface area (Å²) in [6, 6.07) is -0.838. The van der Waals surface area contributed by atoms with Crippen LogP contribution in [0.3, 0.4) is 0 Å². The number of aliphatic hydroxyl groups excluding tert-OH is 1. The van der Waals surface area contributed by atoms with Crippen molar-refractivity contribution < 1.29 is 32.9 Å². The average Bonchev–Trinajstić information content (AvgIpc) is 3.09. The first-order valence-corrected chi connectivity index (χ1v) is 23.2. The number of quaternary nitrogens is 1. The fourth-order valence-corrected chi connectivity index (χ4v) is 6.90. The zero-order valence-electron chi connectivity index (χ0n) is 34.8. The van der Waals surface area contributed by atoms with E-state index in [0.29, 0.717) is 17.4 Å². The molecule has 0 saturated heterocycles. The number of allylic oxidation sites excluding steroid dienone is 3. The van der Waals surface area contributed by atoms with Crippen molar-refractivity contribution in [3.05, 3.63) is 24.3 Å². The third kappa shape index (κ3) is 37.3. The Labute approximate surface area is 322 Å². The zero-order chi connectivity index (χ0) is 38.6. The second kappa shape index (κ2) is 35.7. The highest BCUT2D eigenvalue weighted by atomic mass is 31.2. The Hall–Kier alpha value is -1.02. The second-order valence-corrected chi connectivity index (χ2v) is 17.5. The van der Waals surface area contributed by atoms with E-state index in [-0.39, 0.29) is 19.1 Å². The van der Waals surface area contributed by atoms with Crippen LogP contribution in [-0.4, -0.2) is 73.4 Å². The molecule has 0 aliphatic carbocycles. The summed E-state index contributed by atoms with van der Waals surface area (Å²) in [5.74, 6) is -0.188. The molecular weight excluding hydrogens is 671 g/mol. The normalized spacial score (nSPS) is 14.7. The van der Waals surface area contributed by atoms with Crippen molar-refractivity contribution in [3.8, 4) is 0 Å². The summed E-state index contributed by atoms with van der Waals surface area (Å²) in [7, 11) is 1.57. The van der Waals surface area contributed by atoms with Crippen molar-refractivity contribution in [1.82, 2.24) is 5.32 Å². The summed E-state index contributed by atoms with van der Waals surface area (Å²) < 4.78 is 23.2. The first-order chi connectivity index (χ1) is 25.0. The molecule has 0 aromatic carbocycles. The summed E-state index contributed by atoms with van der Waals surface area (Å²) in [5.41, 5.74) is 0. The molecule has 9 heteroatoms. The van der Waals surface area contributed by atoms with E-state index in [1.165, 1.54) is 141 Å². The summed E-state index contributed by atoms with van der Waals surface area (Å²) in [6.45, 7) is 4.60. The Morgan fingerprint density at radius 3 is 1.52 bits per heavy atom. The van der Waals surface area contributed by atoms with Gasteiger partial charge in [0.1, 0.15) is 13.2 Å². The number of phosphoric ester groups is 1. The van der Waals surface area contributed by atoms with Gasteiger partial charge in [-0.15, -0.1) is 0 Å². The molecule has 0 aliphatic rings. The van der Waals surface area contributed by atoms with Crippen molar-refractivity contribution in [2.24, 2.45) is 0 Å². The number of hydrogen-bond acceptors (Lipinski definition) is 5. The molecule has 0 aromatic heterocycles. The second-order valence-electron chi connectivity index (χ2n) is 16.1. The van der Waals surface area contributed by atoms with Crippen LogP contribution < -0.4 is 5.32 Å². The minimum atomic E-state index is -4.31. The molecule has 52 heavy (non-hydrogen) atoms. The highest BCUT2D eigenvalue weighted by Crippen LogP contribution is 2.43.